The second-order valence-corrected chi connectivity index (χ2v) is 5.08. The summed E-state index contributed by atoms with van der Waals surface area (Å²) >= 11 is 8.54. The SMILES string of the molecule is CC1CN(c2ccc(Br)cc2)C(=S)NC1=O. The van der Waals surface area contributed by atoms with Gasteiger partial charge in [0.2, 0.25) is 5.91 Å². The average Bonchev–Trinajstić information content (AvgIpc) is 2.25. The van der Waals surface area contributed by atoms with E-state index in [1.54, 1.807) is 0 Å². The lowest BCUT2D eigenvalue weighted by Gasteiger charge is -2.32. The zero-order valence-electron chi connectivity index (χ0n) is 8.74. The average molecular weight is 299 g/mol. The summed E-state index contributed by atoms with van der Waals surface area (Å²) < 4.78 is 1.02. The van der Waals surface area contributed by atoms with Crippen molar-refractivity contribution in [3.63, 3.8) is 0 Å². The number of rotatable bonds is 1. The van der Waals surface area contributed by atoms with Crippen molar-refractivity contribution in [1.82, 2.24) is 5.32 Å². The summed E-state index contributed by atoms with van der Waals surface area (Å²) in [5.74, 6) is -0.0475. The first kappa shape index (κ1) is 11.5. The highest BCUT2D eigenvalue weighted by Gasteiger charge is 2.27. The molecule has 16 heavy (non-hydrogen) atoms. The van der Waals surface area contributed by atoms with Crippen molar-refractivity contribution in [3.8, 4) is 0 Å². The molecule has 0 aromatic heterocycles. The van der Waals surface area contributed by atoms with Crippen LogP contribution in [0.5, 0.6) is 0 Å². The number of nitrogens with zero attached hydrogens (tertiary/aromatic N) is 1. The second-order valence-electron chi connectivity index (χ2n) is 3.78. The molecule has 1 aromatic rings. The van der Waals surface area contributed by atoms with Crippen LogP contribution in [0.2, 0.25) is 0 Å². The number of thiocarbonyl (C=S) groups is 1. The van der Waals surface area contributed by atoms with E-state index in [1.165, 1.54) is 0 Å². The first-order chi connectivity index (χ1) is 7.58. The molecule has 1 aromatic carbocycles. The molecular weight excluding hydrogens is 288 g/mol. The Hall–Kier alpha value is -0.940. The zero-order chi connectivity index (χ0) is 11.7. The lowest BCUT2D eigenvalue weighted by atomic mass is 10.1. The monoisotopic (exact) mass is 298 g/mol. The Kier molecular flexibility index (Phi) is 3.25. The van der Waals surface area contributed by atoms with E-state index in [-0.39, 0.29) is 11.8 Å². The topological polar surface area (TPSA) is 32.3 Å². The fourth-order valence-electron chi connectivity index (χ4n) is 1.58. The van der Waals surface area contributed by atoms with Crippen LogP contribution in [0.25, 0.3) is 0 Å². The minimum Gasteiger partial charge on any atom is -0.318 e. The molecule has 1 atom stereocenters. The first-order valence-electron chi connectivity index (χ1n) is 4.96. The lowest BCUT2D eigenvalue weighted by molar-refractivity contribution is -0.123. The van der Waals surface area contributed by atoms with Crippen LogP contribution in [0.3, 0.4) is 0 Å². The number of carbonyl (C=O) groups excluding carboxylic acids is 1. The van der Waals surface area contributed by atoms with Gasteiger partial charge in [0.25, 0.3) is 0 Å². The molecule has 0 saturated carbocycles. The highest BCUT2D eigenvalue weighted by Crippen LogP contribution is 2.21. The van der Waals surface area contributed by atoms with E-state index in [0.717, 1.165) is 10.2 Å². The minimum absolute atomic E-state index is 0.00152. The third kappa shape index (κ3) is 2.25. The maximum Gasteiger partial charge on any atom is 0.230 e. The third-order valence-electron chi connectivity index (χ3n) is 2.52. The van der Waals surface area contributed by atoms with E-state index < -0.39 is 0 Å². The van der Waals surface area contributed by atoms with E-state index >= 15 is 0 Å². The lowest BCUT2D eigenvalue weighted by Crippen LogP contribution is -2.53. The van der Waals surface area contributed by atoms with Crippen molar-refractivity contribution in [3.05, 3.63) is 28.7 Å². The van der Waals surface area contributed by atoms with Gasteiger partial charge < -0.3 is 10.2 Å². The molecule has 0 bridgehead atoms. The molecule has 0 spiro atoms. The van der Waals surface area contributed by atoms with E-state index in [9.17, 15) is 4.79 Å². The van der Waals surface area contributed by atoms with Crippen LogP contribution in [0.1, 0.15) is 6.92 Å². The minimum atomic E-state index is -0.0460. The molecule has 1 amide bonds. The fraction of sp³-hybridized carbons (Fsp3) is 0.273. The van der Waals surface area contributed by atoms with Gasteiger partial charge in [-0.15, -0.1) is 0 Å². The molecule has 0 radical (unpaired) electrons. The number of amides is 1. The third-order valence-corrected chi connectivity index (χ3v) is 3.37. The number of anilines is 1. The van der Waals surface area contributed by atoms with Crippen LogP contribution in [0, 0.1) is 5.92 Å². The Balaban J connectivity index is 2.24. The number of halogens is 1. The Morgan fingerprint density at radius 2 is 2.06 bits per heavy atom. The van der Waals surface area contributed by atoms with E-state index in [4.69, 9.17) is 12.2 Å². The normalized spacial score (nSPS) is 20.9. The standard InChI is InChI=1S/C11H11BrN2OS/c1-7-6-14(11(16)13-10(7)15)9-4-2-8(12)3-5-9/h2-5,7H,6H2,1H3,(H,13,15,16). The predicted octanol–water partition coefficient (Wildman–Crippen LogP) is 2.31. The van der Waals surface area contributed by atoms with Gasteiger partial charge in [-0.2, -0.15) is 0 Å². The number of benzene rings is 1. The summed E-state index contributed by atoms with van der Waals surface area (Å²) in [5.41, 5.74) is 1.00. The molecule has 1 N–H and O–H groups in total. The highest BCUT2D eigenvalue weighted by molar-refractivity contribution is 9.10. The van der Waals surface area contributed by atoms with Gasteiger partial charge in [0, 0.05) is 16.7 Å². The molecule has 1 aliphatic heterocycles. The van der Waals surface area contributed by atoms with E-state index in [2.05, 4.69) is 21.2 Å². The summed E-state index contributed by atoms with van der Waals surface area (Å²) in [6, 6.07) is 7.86. The number of hydrogen-bond donors (Lipinski definition) is 1. The molecule has 0 aliphatic carbocycles. The van der Waals surface area contributed by atoms with E-state index in [1.807, 2.05) is 36.1 Å². The highest BCUT2D eigenvalue weighted by atomic mass is 79.9. The fourth-order valence-corrected chi connectivity index (χ4v) is 2.12. The van der Waals surface area contributed by atoms with Crippen molar-refractivity contribution in [2.45, 2.75) is 6.92 Å². The Morgan fingerprint density at radius 1 is 1.44 bits per heavy atom. The van der Waals surface area contributed by atoms with Gasteiger partial charge in [-0.25, -0.2) is 0 Å². The first-order valence-corrected chi connectivity index (χ1v) is 6.16. The molecule has 5 heteroatoms. The molecule has 1 aliphatic rings. The number of nitrogens with one attached hydrogen (secondary N) is 1. The quantitative estimate of drug-likeness (QED) is 0.808. The second kappa shape index (κ2) is 4.51. The smallest absolute Gasteiger partial charge is 0.230 e. The van der Waals surface area contributed by atoms with Crippen LogP contribution in [-0.2, 0) is 4.79 Å². The summed E-state index contributed by atoms with van der Waals surface area (Å²) in [6.07, 6.45) is 0. The van der Waals surface area contributed by atoms with Crippen molar-refractivity contribution in [2.75, 3.05) is 11.4 Å². The molecule has 1 saturated heterocycles. The largest absolute Gasteiger partial charge is 0.318 e. The molecule has 3 nitrogen and oxygen atoms in total. The Bertz CT molecular complexity index is 432. The maximum absolute atomic E-state index is 11.4. The van der Waals surface area contributed by atoms with Crippen LogP contribution in [0.15, 0.2) is 28.7 Å². The Labute approximate surface area is 108 Å². The number of hydrogen-bond acceptors (Lipinski definition) is 2. The molecule has 1 fully saturated rings. The molecule has 84 valence electrons. The van der Waals surface area contributed by atoms with Crippen LogP contribution in [-0.4, -0.2) is 17.6 Å². The van der Waals surface area contributed by atoms with Gasteiger partial charge in [0.1, 0.15) is 0 Å². The zero-order valence-corrected chi connectivity index (χ0v) is 11.1. The Morgan fingerprint density at radius 3 is 2.69 bits per heavy atom. The summed E-state index contributed by atoms with van der Waals surface area (Å²) in [5, 5.41) is 3.18. The van der Waals surface area contributed by atoms with Gasteiger partial charge in [0.15, 0.2) is 5.11 Å². The van der Waals surface area contributed by atoms with Gasteiger partial charge >= 0.3 is 0 Å². The van der Waals surface area contributed by atoms with Crippen LogP contribution < -0.4 is 10.2 Å². The van der Waals surface area contributed by atoms with Crippen LogP contribution >= 0.6 is 28.1 Å². The van der Waals surface area contributed by atoms with Gasteiger partial charge in [-0.3, -0.25) is 4.79 Å². The van der Waals surface area contributed by atoms with Gasteiger partial charge in [-0.1, -0.05) is 22.9 Å². The van der Waals surface area contributed by atoms with E-state index in [0.29, 0.717) is 11.7 Å². The maximum atomic E-state index is 11.4. The van der Waals surface area contributed by atoms with Crippen LogP contribution in [0.4, 0.5) is 5.69 Å². The van der Waals surface area contributed by atoms with Crippen molar-refractivity contribution >= 4 is 44.9 Å². The van der Waals surface area contributed by atoms with Crippen molar-refractivity contribution < 1.29 is 4.79 Å². The molecular formula is C11H11BrN2OS. The predicted molar refractivity (Wildman–Crippen MR) is 71.4 cm³/mol. The van der Waals surface area contributed by atoms with Crippen molar-refractivity contribution in [2.24, 2.45) is 5.92 Å². The summed E-state index contributed by atoms with van der Waals surface area (Å²) in [7, 11) is 0. The van der Waals surface area contributed by atoms with Crippen molar-refractivity contribution in [1.29, 1.82) is 0 Å². The summed E-state index contributed by atoms with van der Waals surface area (Å²) in [6.45, 7) is 2.52. The molecule has 2 rings (SSSR count). The van der Waals surface area contributed by atoms with Gasteiger partial charge in [-0.05, 0) is 36.5 Å². The number of carbonyl (C=O) groups is 1. The molecule has 1 heterocycles. The molecule has 1 unspecified atom stereocenters. The summed E-state index contributed by atoms with van der Waals surface area (Å²) in [4.78, 5) is 13.3. The van der Waals surface area contributed by atoms with Gasteiger partial charge in [0.05, 0.1) is 5.92 Å².